The molecule has 86 valence electrons. The van der Waals surface area contributed by atoms with Crippen LogP contribution in [0.4, 0.5) is 0 Å². The molecule has 2 aliphatic rings. The van der Waals surface area contributed by atoms with Gasteiger partial charge in [-0.2, -0.15) is 0 Å². The molecule has 0 radical (unpaired) electrons. The predicted molar refractivity (Wildman–Crippen MR) is 64.7 cm³/mol. The molecular formula is C13H24N2. The van der Waals surface area contributed by atoms with E-state index in [1.54, 1.807) is 5.57 Å². The van der Waals surface area contributed by atoms with Crippen molar-refractivity contribution in [3.8, 4) is 0 Å². The topological polar surface area (TPSA) is 29.3 Å². The lowest BCUT2D eigenvalue weighted by molar-refractivity contribution is 0.216. The van der Waals surface area contributed by atoms with Crippen LogP contribution < -0.4 is 5.73 Å². The second kappa shape index (κ2) is 5.13. The average Bonchev–Trinajstić information content (AvgIpc) is 2.65. The summed E-state index contributed by atoms with van der Waals surface area (Å²) < 4.78 is 0. The summed E-state index contributed by atoms with van der Waals surface area (Å²) in [6, 6.07) is 0. The molecule has 2 nitrogen and oxygen atoms in total. The number of hydrogen-bond donors (Lipinski definition) is 1. The van der Waals surface area contributed by atoms with Crippen LogP contribution in [-0.2, 0) is 0 Å². The maximum Gasteiger partial charge on any atom is 0.0190 e. The standard InChI is InChI=1S/C13H24N2/c1-11-4-3-7-15(9-11)10-13-6-2-5-12(13)8-14/h4,12-13H,2-3,5-10,14H2,1H3. The molecule has 1 aliphatic heterocycles. The van der Waals surface area contributed by atoms with Gasteiger partial charge in [0, 0.05) is 19.6 Å². The first-order valence-corrected chi connectivity index (χ1v) is 6.37. The Bertz CT molecular complexity index is 235. The second-order valence-corrected chi connectivity index (χ2v) is 5.26. The van der Waals surface area contributed by atoms with Crippen molar-refractivity contribution in [2.75, 3.05) is 26.2 Å². The Kier molecular flexibility index (Phi) is 3.81. The molecule has 2 heteroatoms. The van der Waals surface area contributed by atoms with Gasteiger partial charge in [0.15, 0.2) is 0 Å². The van der Waals surface area contributed by atoms with Crippen molar-refractivity contribution in [1.82, 2.24) is 4.90 Å². The van der Waals surface area contributed by atoms with Gasteiger partial charge >= 0.3 is 0 Å². The lowest BCUT2D eigenvalue weighted by Gasteiger charge is -2.30. The van der Waals surface area contributed by atoms with Crippen molar-refractivity contribution >= 4 is 0 Å². The Morgan fingerprint density at radius 3 is 2.93 bits per heavy atom. The molecule has 1 heterocycles. The van der Waals surface area contributed by atoms with E-state index < -0.39 is 0 Å². The zero-order valence-electron chi connectivity index (χ0n) is 9.91. The molecule has 2 N–H and O–H groups in total. The fourth-order valence-corrected chi connectivity index (χ4v) is 3.14. The Balaban J connectivity index is 1.83. The molecule has 0 aromatic rings. The normalized spacial score (nSPS) is 33.1. The molecule has 0 saturated heterocycles. The molecule has 0 amide bonds. The maximum atomic E-state index is 5.83. The van der Waals surface area contributed by atoms with E-state index in [0.29, 0.717) is 0 Å². The first-order valence-electron chi connectivity index (χ1n) is 6.37. The Labute approximate surface area is 93.5 Å². The summed E-state index contributed by atoms with van der Waals surface area (Å²) in [5, 5.41) is 0. The van der Waals surface area contributed by atoms with Gasteiger partial charge in [0.2, 0.25) is 0 Å². The summed E-state index contributed by atoms with van der Waals surface area (Å²) >= 11 is 0. The summed E-state index contributed by atoms with van der Waals surface area (Å²) in [5.41, 5.74) is 7.37. The fraction of sp³-hybridized carbons (Fsp3) is 0.846. The minimum atomic E-state index is 0.802. The molecule has 1 fully saturated rings. The van der Waals surface area contributed by atoms with Crippen LogP contribution in [-0.4, -0.2) is 31.1 Å². The summed E-state index contributed by atoms with van der Waals surface area (Å²) in [6.07, 6.45) is 7.79. The highest BCUT2D eigenvalue weighted by atomic mass is 15.1. The number of rotatable bonds is 3. The van der Waals surface area contributed by atoms with E-state index in [4.69, 9.17) is 5.73 Å². The number of nitrogens with two attached hydrogens (primary N) is 1. The predicted octanol–water partition coefficient (Wildman–Crippen LogP) is 2.01. The summed E-state index contributed by atoms with van der Waals surface area (Å²) in [7, 11) is 0. The van der Waals surface area contributed by atoms with Crippen LogP contribution in [0, 0.1) is 11.8 Å². The molecule has 1 saturated carbocycles. The van der Waals surface area contributed by atoms with Gasteiger partial charge in [0.05, 0.1) is 0 Å². The van der Waals surface area contributed by atoms with Crippen LogP contribution >= 0.6 is 0 Å². The van der Waals surface area contributed by atoms with Gasteiger partial charge in [-0.15, -0.1) is 0 Å². The third-order valence-electron chi connectivity index (χ3n) is 4.02. The van der Waals surface area contributed by atoms with E-state index in [2.05, 4.69) is 17.9 Å². The Morgan fingerprint density at radius 1 is 1.40 bits per heavy atom. The average molecular weight is 208 g/mol. The lowest BCUT2D eigenvalue weighted by Crippen LogP contribution is -2.36. The van der Waals surface area contributed by atoms with Crippen molar-refractivity contribution in [2.24, 2.45) is 17.6 Å². The van der Waals surface area contributed by atoms with Gasteiger partial charge in [-0.1, -0.05) is 18.1 Å². The van der Waals surface area contributed by atoms with Gasteiger partial charge in [0.25, 0.3) is 0 Å². The van der Waals surface area contributed by atoms with Crippen LogP contribution in [0.15, 0.2) is 11.6 Å². The van der Waals surface area contributed by atoms with E-state index in [0.717, 1.165) is 18.4 Å². The molecule has 0 aromatic heterocycles. The van der Waals surface area contributed by atoms with Crippen LogP contribution in [0.2, 0.25) is 0 Å². The highest BCUT2D eigenvalue weighted by Crippen LogP contribution is 2.31. The van der Waals surface area contributed by atoms with E-state index >= 15 is 0 Å². The minimum absolute atomic E-state index is 0.802. The molecule has 2 atom stereocenters. The highest BCUT2D eigenvalue weighted by molar-refractivity contribution is 5.04. The second-order valence-electron chi connectivity index (χ2n) is 5.26. The molecule has 0 spiro atoms. The third-order valence-corrected chi connectivity index (χ3v) is 4.02. The monoisotopic (exact) mass is 208 g/mol. The molecule has 0 bridgehead atoms. The molecule has 1 aliphatic carbocycles. The maximum absolute atomic E-state index is 5.83. The summed E-state index contributed by atoms with van der Waals surface area (Å²) in [4.78, 5) is 2.62. The smallest absolute Gasteiger partial charge is 0.0190 e. The largest absolute Gasteiger partial charge is 0.330 e. The van der Waals surface area contributed by atoms with Gasteiger partial charge in [-0.25, -0.2) is 0 Å². The van der Waals surface area contributed by atoms with E-state index in [1.165, 1.54) is 45.3 Å². The van der Waals surface area contributed by atoms with Crippen LogP contribution in [0.25, 0.3) is 0 Å². The fourth-order valence-electron chi connectivity index (χ4n) is 3.14. The quantitative estimate of drug-likeness (QED) is 0.719. The van der Waals surface area contributed by atoms with E-state index in [-0.39, 0.29) is 0 Å². The first kappa shape index (κ1) is 11.2. The third kappa shape index (κ3) is 2.82. The summed E-state index contributed by atoms with van der Waals surface area (Å²) in [6.45, 7) is 6.88. The van der Waals surface area contributed by atoms with Crippen molar-refractivity contribution < 1.29 is 0 Å². The van der Waals surface area contributed by atoms with Crippen molar-refractivity contribution in [2.45, 2.75) is 32.6 Å². The van der Waals surface area contributed by atoms with Gasteiger partial charge in [0.1, 0.15) is 0 Å². The van der Waals surface area contributed by atoms with Gasteiger partial charge in [-0.05, 0) is 44.6 Å². The molecule has 15 heavy (non-hydrogen) atoms. The van der Waals surface area contributed by atoms with Gasteiger partial charge in [-0.3, -0.25) is 4.90 Å². The van der Waals surface area contributed by atoms with Crippen molar-refractivity contribution in [3.63, 3.8) is 0 Å². The van der Waals surface area contributed by atoms with Crippen molar-refractivity contribution in [1.29, 1.82) is 0 Å². The summed E-state index contributed by atoms with van der Waals surface area (Å²) in [5.74, 6) is 1.68. The van der Waals surface area contributed by atoms with E-state index in [1.807, 2.05) is 0 Å². The van der Waals surface area contributed by atoms with Crippen LogP contribution in [0.1, 0.15) is 32.6 Å². The molecule has 2 unspecified atom stereocenters. The SMILES string of the molecule is CC1=CCCN(CC2CCCC2CN)C1. The van der Waals surface area contributed by atoms with E-state index in [9.17, 15) is 0 Å². The van der Waals surface area contributed by atoms with Crippen LogP contribution in [0.3, 0.4) is 0 Å². The van der Waals surface area contributed by atoms with Gasteiger partial charge < -0.3 is 5.73 Å². The first-order chi connectivity index (χ1) is 7.29. The number of hydrogen-bond acceptors (Lipinski definition) is 2. The molecule has 0 aromatic carbocycles. The highest BCUT2D eigenvalue weighted by Gasteiger charge is 2.27. The van der Waals surface area contributed by atoms with Crippen molar-refractivity contribution in [3.05, 3.63) is 11.6 Å². The number of nitrogens with zero attached hydrogens (tertiary/aromatic N) is 1. The Morgan fingerprint density at radius 2 is 2.20 bits per heavy atom. The zero-order chi connectivity index (χ0) is 10.7. The molecule has 2 rings (SSSR count). The zero-order valence-corrected chi connectivity index (χ0v) is 9.91. The van der Waals surface area contributed by atoms with Crippen LogP contribution in [0.5, 0.6) is 0 Å². The minimum Gasteiger partial charge on any atom is -0.330 e. The molecular weight excluding hydrogens is 184 g/mol. The lowest BCUT2D eigenvalue weighted by atomic mass is 9.95. The Hall–Kier alpha value is -0.340.